The summed E-state index contributed by atoms with van der Waals surface area (Å²) in [5, 5.41) is 3.69. The van der Waals surface area contributed by atoms with E-state index in [0.29, 0.717) is 11.6 Å². The second kappa shape index (κ2) is 7.50. The predicted molar refractivity (Wildman–Crippen MR) is 106 cm³/mol. The fourth-order valence-electron chi connectivity index (χ4n) is 3.47. The van der Waals surface area contributed by atoms with Crippen molar-refractivity contribution < 1.29 is 9.59 Å². The van der Waals surface area contributed by atoms with E-state index in [0.717, 1.165) is 34.5 Å². The van der Waals surface area contributed by atoms with Crippen LogP contribution in [-0.2, 0) is 16.0 Å². The van der Waals surface area contributed by atoms with Crippen LogP contribution in [-0.4, -0.2) is 18.4 Å². The van der Waals surface area contributed by atoms with E-state index in [1.807, 2.05) is 44.2 Å². The molecule has 1 unspecified atom stereocenters. The maximum absolute atomic E-state index is 12.8. The monoisotopic (exact) mass is 370 g/mol. The van der Waals surface area contributed by atoms with Crippen molar-refractivity contribution in [3.05, 3.63) is 58.1 Å². The molecule has 0 saturated carbocycles. The Kier molecular flexibility index (Phi) is 5.33. The van der Waals surface area contributed by atoms with E-state index in [4.69, 9.17) is 11.6 Å². The van der Waals surface area contributed by atoms with Crippen molar-refractivity contribution in [1.82, 2.24) is 0 Å². The number of amides is 2. The fourth-order valence-corrected chi connectivity index (χ4v) is 3.69. The van der Waals surface area contributed by atoms with Crippen molar-refractivity contribution in [1.29, 1.82) is 0 Å². The highest BCUT2D eigenvalue weighted by atomic mass is 35.5. The quantitative estimate of drug-likeness (QED) is 0.860. The summed E-state index contributed by atoms with van der Waals surface area (Å²) in [6.07, 6.45) is 1.07. The third-order valence-corrected chi connectivity index (χ3v) is 5.17. The van der Waals surface area contributed by atoms with Gasteiger partial charge in [-0.05, 0) is 55.2 Å². The Hall–Kier alpha value is -2.33. The van der Waals surface area contributed by atoms with Gasteiger partial charge in [-0.3, -0.25) is 9.59 Å². The van der Waals surface area contributed by atoms with Crippen LogP contribution >= 0.6 is 11.6 Å². The summed E-state index contributed by atoms with van der Waals surface area (Å²) >= 11 is 6.01. The molecule has 1 N–H and O–H groups in total. The lowest BCUT2D eigenvalue weighted by molar-refractivity contribution is -0.122. The van der Waals surface area contributed by atoms with E-state index in [9.17, 15) is 9.59 Å². The lowest BCUT2D eigenvalue weighted by Crippen LogP contribution is -2.29. The van der Waals surface area contributed by atoms with Crippen LogP contribution in [0.2, 0.25) is 5.02 Å². The van der Waals surface area contributed by atoms with Crippen molar-refractivity contribution in [2.75, 3.05) is 16.8 Å². The molecule has 26 heavy (non-hydrogen) atoms. The van der Waals surface area contributed by atoms with Gasteiger partial charge in [0.15, 0.2) is 0 Å². The zero-order valence-corrected chi connectivity index (χ0v) is 16.1. The summed E-state index contributed by atoms with van der Waals surface area (Å²) < 4.78 is 0. The van der Waals surface area contributed by atoms with Crippen LogP contribution in [0.25, 0.3) is 0 Å². The molecular weight excluding hydrogens is 348 g/mol. The number of benzene rings is 2. The van der Waals surface area contributed by atoms with Crippen LogP contribution in [0.4, 0.5) is 11.4 Å². The summed E-state index contributed by atoms with van der Waals surface area (Å²) in [6.45, 7) is 6.36. The van der Waals surface area contributed by atoms with Crippen molar-refractivity contribution in [3.8, 4) is 0 Å². The van der Waals surface area contributed by atoms with E-state index in [2.05, 4.69) is 12.2 Å². The molecule has 0 aromatic heterocycles. The third-order valence-electron chi connectivity index (χ3n) is 4.93. The van der Waals surface area contributed by atoms with E-state index in [1.54, 1.807) is 11.0 Å². The molecule has 1 heterocycles. The first-order valence-corrected chi connectivity index (χ1v) is 9.24. The molecule has 136 valence electrons. The molecule has 2 aromatic rings. The fraction of sp³-hybridized carbons (Fsp3) is 0.333. The van der Waals surface area contributed by atoms with Crippen molar-refractivity contribution in [3.63, 3.8) is 0 Å². The summed E-state index contributed by atoms with van der Waals surface area (Å²) in [6, 6.07) is 11.4. The van der Waals surface area contributed by atoms with E-state index < -0.39 is 0 Å². The summed E-state index contributed by atoms with van der Waals surface area (Å²) in [4.78, 5) is 27.0. The first kappa shape index (κ1) is 18.5. The minimum Gasteiger partial charge on any atom is -0.325 e. The highest BCUT2D eigenvalue weighted by Crippen LogP contribution is 2.31. The Morgan fingerprint density at radius 3 is 2.69 bits per heavy atom. The average Bonchev–Trinajstić information content (AvgIpc) is 2.98. The maximum Gasteiger partial charge on any atom is 0.229 e. The number of carbonyl (C=O) groups is 2. The number of rotatable bonds is 4. The van der Waals surface area contributed by atoms with Crippen LogP contribution in [0.3, 0.4) is 0 Å². The molecule has 5 heteroatoms. The Labute approximate surface area is 159 Å². The van der Waals surface area contributed by atoms with E-state index >= 15 is 0 Å². The number of hydrogen-bond acceptors (Lipinski definition) is 2. The van der Waals surface area contributed by atoms with Crippen molar-refractivity contribution >= 4 is 34.8 Å². The molecule has 0 bridgehead atoms. The minimum atomic E-state index is -0.359. The summed E-state index contributed by atoms with van der Waals surface area (Å²) in [5.74, 6) is -0.491. The molecule has 1 atom stereocenters. The van der Waals surface area contributed by atoms with Crippen LogP contribution < -0.4 is 10.2 Å². The molecule has 1 fully saturated rings. The number of para-hydroxylation sites is 1. The van der Waals surface area contributed by atoms with Gasteiger partial charge in [0.1, 0.15) is 0 Å². The van der Waals surface area contributed by atoms with Gasteiger partial charge in [0.05, 0.1) is 5.92 Å². The highest BCUT2D eigenvalue weighted by molar-refractivity contribution is 6.30. The normalized spacial score (nSPS) is 16.8. The molecule has 3 rings (SSSR count). The van der Waals surface area contributed by atoms with Crippen LogP contribution in [0, 0.1) is 19.8 Å². The molecule has 0 radical (unpaired) electrons. The van der Waals surface area contributed by atoms with Crippen LogP contribution in [0.5, 0.6) is 0 Å². The van der Waals surface area contributed by atoms with Gasteiger partial charge in [-0.2, -0.15) is 0 Å². The summed E-state index contributed by atoms with van der Waals surface area (Å²) in [7, 11) is 0. The molecular formula is C21H23ClN2O2. The number of aryl methyl sites for hydroxylation is 3. The second-order valence-electron chi connectivity index (χ2n) is 6.79. The SMILES string of the molecule is CCc1cccc(C)c1NC(=O)C1CC(=O)N(c2ccc(Cl)cc2C)C1. The van der Waals surface area contributed by atoms with Crippen LogP contribution in [0.15, 0.2) is 36.4 Å². The largest absolute Gasteiger partial charge is 0.325 e. The van der Waals surface area contributed by atoms with Gasteiger partial charge in [0, 0.05) is 29.4 Å². The van der Waals surface area contributed by atoms with Crippen molar-refractivity contribution in [2.24, 2.45) is 5.92 Å². The van der Waals surface area contributed by atoms with Gasteiger partial charge in [-0.25, -0.2) is 0 Å². The van der Waals surface area contributed by atoms with Gasteiger partial charge < -0.3 is 10.2 Å². The lowest BCUT2D eigenvalue weighted by Gasteiger charge is -2.20. The van der Waals surface area contributed by atoms with Gasteiger partial charge in [0.25, 0.3) is 0 Å². The van der Waals surface area contributed by atoms with Crippen LogP contribution in [0.1, 0.15) is 30.0 Å². The Balaban J connectivity index is 1.77. The predicted octanol–water partition coefficient (Wildman–Crippen LogP) is 4.51. The molecule has 0 aliphatic carbocycles. The highest BCUT2D eigenvalue weighted by Gasteiger charge is 2.36. The maximum atomic E-state index is 12.8. The third kappa shape index (κ3) is 3.61. The molecule has 1 aliphatic rings. The average molecular weight is 371 g/mol. The number of nitrogens with one attached hydrogen (secondary N) is 1. The number of nitrogens with zero attached hydrogens (tertiary/aromatic N) is 1. The molecule has 1 aliphatic heterocycles. The molecule has 0 spiro atoms. The van der Waals surface area contributed by atoms with Gasteiger partial charge >= 0.3 is 0 Å². The number of carbonyl (C=O) groups excluding carboxylic acids is 2. The standard InChI is InChI=1S/C21H23ClN2O2/c1-4-15-7-5-6-13(2)20(15)23-21(26)16-11-19(25)24(12-16)18-9-8-17(22)10-14(18)3/h5-10,16H,4,11-12H2,1-3H3,(H,23,26). The Bertz CT molecular complexity index is 863. The lowest BCUT2D eigenvalue weighted by atomic mass is 10.0. The molecule has 2 amide bonds. The zero-order valence-electron chi connectivity index (χ0n) is 15.3. The number of anilines is 2. The van der Waals surface area contributed by atoms with Gasteiger partial charge in [-0.1, -0.05) is 36.7 Å². The minimum absolute atomic E-state index is 0.0314. The molecule has 4 nitrogen and oxygen atoms in total. The Morgan fingerprint density at radius 1 is 1.23 bits per heavy atom. The smallest absolute Gasteiger partial charge is 0.229 e. The second-order valence-corrected chi connectivity index (χ2v) is 7.22. The molecule has 1 saturated heterocycles. The van der Waals surface area contributed by atoms with E-state index in [1.165, 1.54) is 0 Å². The Morgan fingerprint density at radius 2 is 2.00 bits per heavy atom. The topological polar surface area (TPSA) is 49.4 Å². The first-order valence-electron chi connectivity index (χ1n) is 8.86. The van der Waals surface area contributed by atoms with Gasteiger partial charge in [0.2, 0.25) is 11.8 Å². The molecule has 2 aromatic carbocycles. The first-order chi connectivity index (χ1) is 12.4. The van der Waals surface area contributed by atoms with Gasteiger partial charge in [-0.15, -0.1) is 0 Å². The number of halogens is 1. The number of hydrogen-bond donors (Lipinski definition) is 1. The summed E-state index contributed by atoms with van der Waals surface area (Å²) in [5.41, 5.74) is 4.76. The van der Waals surface area contributed by atoms with E-state index in [-0.39, 0.29) is 24.2 Å². The van der Waals surface area contributed by atoms with Crippen molar-refractivity contribution in [2.45, 2.75) is 33.6 Å². The zero-order chi connectivity index (χ0) is 18.8.